The van der Waals surface area contributed by atoms with Crippen LogP contribution in [0.3, 0.4) is 0 Å². The van der Waals surface area contributed by atoms with Crippen LogP contribution in [0.25, 0.3) is 0 Å². The molecular formula is C7H9NO3S. The van der Waals surface area contributed by atoms with Crippen LogP contribution in [-0.4, -0.2) is 15.6 Å². The lowest BCUT2D eigenvalue weighted by molar-refractivity contribution is 0.0700. The van der Waals surface area contributed by atoms with E-state index in [1.165, 1.54) is 4.57 Å². The van der Waals surface area contributed by atoms with E-state index in [-0.39, 0.29) is 9.75 Å². The summed E-state index contributed by atoms with van der Waals surface area (Å²) in [7, 11) is 1.59. The van der Waals surface area contributed by atoms with Gasteiger partial charge in [-0.15, -0.1) is 0 Å². The molecule has 0 amide bonds. The lowest BCUT2D eigenvalue weighted by Gasteiger charge is -1.97. The highest BCUT2D eigenvalue weighted by atomic mass is 32.1. The fourth-order valence-corrected chi connectivity index (χ4v) is 1.95. The summed E-state index contributed by atoms with van der Waals surface area (Å²) in [4.78, 5) is 21.6. The van der Waals surface area contributed by atoms with Gasteiger partial charge in [-0.05, 0) is 6.42 Å². The first-order valence-electron chi connectivity index (χ1n) is 3.50. The molecule has 12 heavy (non-hydrogen) atoms. The van der Waals surface area contributed by atoms with Gasteiger partial charge in [0, 0.05) is 12.7 Å². The average molecular weight is 187 g/mol. The monoisotopic (exact) mass is 187 g/mol. The van der Waals surface area contributed by atoms with Crippen molar-refractivity contribution in [1.82, 2.24) is 4.57 Å². The molecule has 0 aliphatic rings. The number of hydrogen-bond donors (Lipinski definition) is 1. The molecule has 4 nitrogen and oxygen atoms in total. The Balaban J connectivity index is 3.39. The van der Waals surface area contributed by atoms with E-state index in [4.69, 9.17) is 5.11 Å². The first-order valence-corrected chi connectivity index (χ1v) is 4.31. The van der Waals surface area contributed by atoms with Gasteiger partial charge in [-0.1, -0.05) is 18.3 Å². The zero-order valence-corrected chi connectivity index (χ0v) is 7.64. The Morgan fingerprint density at radius 3 is 2.58 bits per heavy atom. The summed E-state index contributed by atoms with van der Waals surface area (Å²) in [5.41, 5.74) is 0.595. The summed E-state index contributed by atoms with van der Waals surface area (Å²) in [6.45, 7) is 1.83. The Labute approximate surface area is 73.1 Å². The molecule has 1 rings (SSSR count). The first-order chi connectivity index (χ1) is 5.57. The van der Waals surface area contributed by atoms with Crippen LogP contribution in [0.5, 0.6) is 0 Å². The van der Waals surface area contributed by atoms with Gasteiger partial charge in [-0.3, -0.25) is 4.79 Å². The Bertz CT molecular complexity index is 363. The van der Waals surface area contributed by atoms with Gasteiger partial charge in [-0.2, -0.15) is 0 Å². The summed E-state index contributed by atoms with van der Waals surface area (Å²) in [6, 6.07) is 0. The zero-order valence-electron chi connectivity index (χ0n) is 6.83. The molecule has 0 unspecified atom stereocenters. The number of rotatable bonds is 2. The topological polar surface area (TPSA) is 59.3 Å². The van der Waals surface area contributed by atoms with Crippen molar-refractivity contribution in [3.8, 4) is 0 Å². The first kappa shape index (κ1) is 8.99. The van der Waals surface area contributed by atoms with Gasteiger partial charge in [0.1, 0.15) is 4.88 Å². The minimum Gasteiger partial charge on any atom is -0.477 e. The molecule has 0 fully saturated rings. The number of carboxylic acid groups (broad SMARTS) is 1. The van der Waals surface area contributed by atoms with Crippen molar-refractivity contribution in [3.05, 3.63) is 20.2 Å². The molecule has 1 aromatic heterocycles. The zero-order chi connectivity index (χ0) is 9.30. The SMILES string of the molecule is CCc1c(C(=O)O)sc(=O)n1C. The van der Waals surface area contributed by atoms with Gasteiger partial charge in [0.05, 0.1) is 0 Å². The molecule has 5 heteroatoms. The lowest BCUT2D eigenvalue weighted by atomic mass is 10.3. The number of carbonyl (C=O) groups is 1. The molecule has 1 aromatic rings. The van der Waals surface area contributed by atoms with Gasteiger partial charge >= 0.3 is 10.8 Å². The molecule has 0 bridgehead atoms. The molecule has 0 atom stereocenters. The number of carboxylic acids is 1. The van der Waals surface area contributed by atoms with E-state index in [0.29, 0.717) is 12.1 Å². The van der Waals surface area contributed by atoms with Gasteiger partial charge in [0.25, 0.3) is 0 Å². The van der Waals surface area contributed by atoms with Crippen LogP contribution in [0.1, 0.15) is 22.3 Å². The summed E-state index contributed by atoms with van der Waals surface area (Å²) in [5.74, 6) is -1.02. The van der Waals surface area contributed by atoms with Crippen molar-refractivity contribution in [2.75, 3.05) is 0 Å². The third-order valence-electron chi connectivity index (χ3n) is 1.66. The maximum atomic E-state index is 11.0. The van der Waals surface area contributed by atoms with Crippen molar-refractivity contribution in [2.24, 2.45) is 7.05 Å². The van der Waals surface area contributed by atoms with Crippen LogP contribution >= 0.6 is 11.3 Å². The maximum Gasteiger partial charge on any atom is 0.347 e. The van der Waals surface area contributed by atoms with Crippen molar-refractivity contribution in [3.63, 3.8) is 0 Å². The predicted molar refractivity (Wildman–Crippen MR) is 45.9 cm³/mol. The number of hydrogen-bond acceptors (Lipinski definition) is 3. The van der Waals surface area contributed by atoms with E-state index >= 15 is 0 Å². The van der Waals surface area contributed by atoms with E-state index in [2.05, 4.69) is 0 Å². The minimum absolute atomic E-state index is 0.157. The Kier molecular flexibility index (Phi) is 2.32. The highest BCUT2D eigenvalue weighted by molar-refractivity contribution is 7.11. The lowest BCUT2D eigenvalue weighted by Crippen LogP contribution is -2.10. The quantitative estimate of drug-likeness (QED) is 0.741. The summed E-state index contributed by atoms with van der Waals surface area (Å²) in [5, 5.41) is 8.69. The Morgan fingerprint density at radius 2 is 2.25 bits per heavy atom. The normalized spacial score (nSPS) is 10.2. The molecule has 0 aliphatic carbocycles. The van der Waals surface area contributed by atoms with Crippen LogP contribution in [0.4, 0.5) is 0 Å². The van der Waals surface area contributed by atoms with Crippen LogP contribution in [-0.2, 0) is 13.5 Å². The van der Waals surface area contributed by atoms with Gasteiger partial charge in [-0.25, -0.2) is 4.79 Å². The van der Waals surface area contributed by atoms with Crippen molar-refractivity contribution in [2.45, 2.75) is 13.3 Å². The van der Waals surface area contributed by atoms with Gasteiger partial charge in [0.2, 0.25) is 0 Å². The highest BCUT2D eigenvalue weighted by Gasteiger charge is 2.15. The predicted octanol–water partition coefficient (Wildman–Crippen LogP) is 0.707. The number of aromatic nitrogens is 1. The fraction of sp³-hybridized carbons (Fsp3) is 0.429. The molecule has 1 N–H and O–H groups in total. The number of aromatic carboxylic acids is 1. The molecule has 0 saturated carbocycles. The Hall–Kier alpha value is -1.10. The fourth-order valence-electron chi connectivity index (χ4n) is 1.04. The molecule has 66 valence electrons. The average Bonchev–Trinajstić information content (AvgIpc) is 2.29. The minimum atomic E-state index is -1.02. The molecule has 0 aromatic carbocycles. The van der Waals surface area contributed by atoms with E-state index in [1.54, 1.807) is 7.05 Å². The van der Waals surface area contributed by atoms with Crippen LogP contribution in [0.15, 0.2) is 4.79 Å². The van der Waals surface area contributed by atoms with Crippen LogP contribution in [0, 0.1) is 0 Å². The summed E-state index contributed by atoms with van der Waals surface area (Å²) < 4.78 is 1.38. The molecular weight excluding hydrogens is 178 g/mol. The summed E-state index contributed by atoms with van der Waals surface area (Å²) in [6.07, 6.45) is 0.566. The van der Waals surface area contributed by atoms with Crippen molar-refractivity contribution in [1.29, 1.82) is 0 Å². The second-order valence-electron chi connectivity index (χ2n) is 2.36. The smallest absolute Gasteiger partial charge is 0.347 e. The molecule has 0 spiro atoms. The maximum absolute atomic E-state index is 11.0. The second kappa shape index (κ2) is 3.10. The Morgan fingerprint density at radius 1 is 1.67 bits per heavy atom. The van der Waals surface area contributed by atoms with Crippen LogP contribution < -0.4 is 4.87 Å². The van der Waals surface area contributed by atoms with Gasteiger partial charge < -0.3 is 9.67 Å². The second-order valence-corrected chi connectivity index (χ2v) is 3.32. The van der Waals surface area contributed by atoms with E-state index in [0.717, 1.165) is 11.3 Å². The third kappa shape index (κ3) is 1.27. The molecule has 1 heterocycles. The number of nitrogens with zero attached hydrogens (tertiary/aromatic N) is 1. The van der Waals surface area contributed by atoms with E-state index < -0.39 is 5.97 Å². The van der Waals surface area contributed by atoms with Crippen molar-refractivity contribution < 1.29 is 9.90 Å². The highest BCUT2D eigenvalue weighted by Crippen LogP contribution is 2.11. The van der Waals surface area contributed by atoms with E-state index in [9.17, 15) is 9.59 Å². The largest absolute Gasteiger partial charge is 0.477 e. The third-order valence-corrected chi connectivity index (χ3v) is 2.72. The molecule has 0 saturated heterocycles. The number of thiazole rings is 1. The van der Waals surface area contributed by atoms with E-state index in [1.807, 2.05) is 6.92 Å². The standard InChI is InChI=1S/C7H9NO3S/c1-3-4-5(6(9)10)12-7(11)8(4)2/h3H2,1-2H3,(H,9,10). The van der Waals surface area contributed by atoms with Gasteiger partial charge in [0.15, 0.2) is 0 Å². The summed E-state index contributed by atoms with van der Waals surface area (Å²) >= 11 is 0.782. The molecule has 0 radical (unpaired) electrons. The van der Waals surface area contributed by atoms with Crippen molar-refractivity contribution >= 4 is 17.3 Å². The molecule has 0 aliphatic heterocycles. The van der Waals surface area contributed by atoms with Crippen LogP contribution in [0.2, 0.25) is 0 Å².